The van der Waals surface area contributed by atoms with Crippen molar-refractivity contribution in [3.63, 3.8) is 0 Å². The summed E-state index contributed by atoms with van der Waals surface area (Å²) in [6, 6.07) is 2.21. The first kappa shape index (κ1) is 11.3. The Balaban J connectivity index is 2.07. The topological polar surface area (TPSA) is 30.7 Å². The largest absolute Gasteiger partial charge is 0.253 e. The molecule has 0 aliphatic rings. The molecule has 3 nitrogen and oxygen atoms in total. The lowest BCUT2D eigenvalue weighted by Gasteiger charge is -2.10. The average Bonchev–Trinajstić information content (AvgIpc) is 2.96. The van der Waals surface area contributed by atoms with Gasteiger partial charge in [0, 0.05) is 19.2 Å². The van der Waals surface area contributed by atoms with Crippen LogP contribution in [-0.2, 0) is 13.0 Å². The van der Waals surface area contributed by atoms with E-state index in [9.17, 15) is 0 Å². The van der Waals surface area contributed by atoms with Gasteiger partial charge < -0.3 is 0 Å². The molecule has 0 aliphatic carbocycles. The Morgan fingerprint density at radius 1 is 1.44 bits per heavy atom. The van der Waals surface area contributed by atoms with E-state index in [0.717, 1.165) is 25.1 Å². The summed E-state index contributed by atoms with van der Waals surface area (Å²) < 4.78 is 1.88. The van der Waals surface area contributed by atoms with Crippen molar-refractivity contribution in [1.82, 2.24) is 15.0 Å². The molecule has 0 saturated carbocycles. The van der Waals surface area contributed by atoms with Crippen molar-refractivity contribution in [2.75, 3.05) is 0 Å². The summed E-state index contributed by atoms with van der Waals surface area (Å²) in [6.07, 6.45) is 4.19. The van der Waals surface area contributed by atoms with E-state index in [0.29, 0.717) is 5.92 Å². The van der Waals surface area contributed by atoms with Crippen molar-refractivity contribution in [3.8, 4) is 0 Å². The molecule has 2 heterocycles. The zero-order valence-corrected chi connectivity index (χ0v) is 10.6. The van der Waals surface area contributed by atoms with E-state index in [1.807, 2.05) is 4.68 Å². The standard InChI is InChI=1S/C12H17N3S/c1-3-10(11-5-6-16-9-11)7-12-8-15(4-2)14-13-12/h5-6,8-10H,3-4,7H2,1-2H3. The van der Waals surface area contributed by atoms with E-state index in [4.69, 9.17) is 0 Å². The molecule has 0 bridgehead atoms. The third-order valence-electron chi connectivity index (χ3n) is 2.87. The molecular formula is C12H17N3S. The van der Waals surface area contributed by atoms with E-state index in [1.54, 1.807) is 11.3 Å². The summed E-state index contributed by atoms with van der Waals surface area (Å²) in [5, 5.41) is 12.6. The van der Waals surface area contributed by atoms with Gasteiger partial charge in [0.25, 0.3) is 0 Å². The lowest BCUT2D eigenvalue weighted by Crippen LogP contribution is -2.00. The van der Waals surface area contributed by atoms with Gasteiger partial charge in [-0.1, -0.05) is 12.1 Å². The molecule has 86 valence electrons. The van der Waals surface area contributed by atoms with Gasteiger partial charge >= 0.3 is 0 Å². The van der Waals surface area contributed by atoms with Gasteiger partial charge in [0.1, 0.15) is 0 Å². The molecule has 2 aromatic heterocycles. The van der Waals surface area contributed by atoms with Gasteiger partial charge in [0.15, 0.2) is 0 Å². The molecule has 4 heteroatoms. The highest BCUT2D eigenvalue weighted by molar-refractivity contribution is 7.07. The fourth-order valence-corrected chi connectivity index (χ4v) is 2.59. The lowest BCUT2D eigenvalue weighted by molar-refractivity contribution is 0.624. The SMILES string of the molecule is CCC(Cc1cn(CC)nn1)c1ccsc1. The average molecular weight is 235 g/mol. The summed E-state index contributed by atoms with van der Waals surface area (Å²) >= 11 is 1.76. The van der Waals surface area contributed by atoms with Crippen molar-refractivity contribution < 1.29 is 0 Å². The molecule has 0 spiro atoms. The normalized spacial score (nSPS) is 12.9. The van der Waals surface area contributed by atoms with Crippen LogP contribution in [0.4, 0.5) is 0 Å². The quantitative estimate of drug-likeness (QED) is 0.797. The molecule has 0 aromatic carbocycles. The van der Waals surface area contributed by atoms with Crippen molar-refractivity contribution in [1.29, 1.82) is 0 Å². The highest BCUT2D eigenvalue weighted by Gasteiger charge is 2.12. The minimum atomic E-state index is 0.577. The van der Waals surface area contributed by atoms with E-state index in [2.05, 4.69) is 47.2 Å². The predicted octanol–water partition coefficient (Wildman–Crippen LogP) is 3.10. The molecule has 1 unspecified atom stereocenters. The van der Waals surface area contributed by atoms with Gasteiger partial charge in [-0.2, -0.15) is 11.3 Å². The molecule has 0 amide bonds. The van der Waals surface area contributed by atoms with Crippen LogP contribution in [0.5, 0.6) is 0 Å². The first-order chi connectivity index (χ1) is 7.83. The minimum Gasteiger partial charge on any atom is -0.253 e. The van der Waals surface area contributed by atoms with Gasteiger partial charge in [-0.25, -0.2) is 0 Å². The fraction of sp³-hybridized carbons (Fsp3) is 0.500. The summed E-state index contributed by atoms with van der Waals surface area (Å²) in [7, 11) is 0. The Morgan fingerprint density at radius 2 is 2.31 bits per heavy atom. The molecular weight excluding hydrogens is 218 g/mol. The van der Waals surface area contributed by atoms with Crippen LogP contribution in [0.3, 0.4) is 0 Å². The number of rotatable bonds is 5. The Bertz CT molecular complexity index is 419. The maximum absolute atomic E-state index is 4.20. The van der Waals surface area contributed by atoms with Crippen LogP contribution in [-0.4, -0.2) is 15.0 Å². The Labute approximate surface area is 100 Å². The molecule has 0 fully saturated rings. The fourth-order valence-electron chi connectivity index (χ4n) is 1.84. The van der Waals surface area contributed by atoms with Crippen LogP contribution in [0, 0.1) is 0 Å². The Hall–Kier alpha value is -1.16. The zero-order valence-electron chi connectivity index (χ0n) is 9.76. The van der Waals surface area contributed by atoms with E-state index >= 15 is 0 Å². The number of thiophene rings is 1. The Kier molecular flexibility index (Phi) is 3.72. The molecule has 2 aromatic rings. The highest BCUT2D eigenvalue weighted by atomic mass is 32.1. The third kappa shape index (κ3) is 2.50. The van der Waals surface area contributed by atoms with Crippen LogP contribution in [0.1, 0.15) is 37.4 Å². The van der Waals surface area contributed by atoms with E-state index in [1.165, 1.54) is 5.56 Å². The molecule has 0 aliphatic heterocycles. The Morgan fingerprint density at radius 3 is 2.88 bits per heavy atom. The van der Waals surface area contributed by atoms with Crippen LogP contribution < -0.4 is 0 Å². The number of aryl methyl sites for hydroxylation is 1. The highest BCUT2D eigenvalue weighted by Crippen LogP contribution is 2.25. The first-order valence-electron chi connectivity index (χ1n) is 5.74. The molecule has 0 radical (unpaired) electrons. The third-order valence-corrected chi connectivity index (χ3v) is 3.57. The minimum absolute atomic E-state index is 0.577. The van der Waals surface area contributed by atoms with Gasteiger partial charge in [-0.3, -0.25) is 4.68 Å². The van der Waals surface area contributed by atoms with E-state index < -0.39 is 0 Å². The van der Waals surface area contributed by atoms with Gasteiger partial charge in [0.2, 0.25) is 0 Å². The maximum atomic E-state index is 4.20. The maximum Gasteiger partial charge on any atom is 0.0833 e. The second-order valence-electron chi connectivity index (χ2n) is 3.93. The predicted molar refractivity (Wildman–Crippen MR) is 66.8 cm³/mol. The van der Waals surface area contributed by atoms with Gasteiger partial charge in [-0.05, 0) is 41.7 Å². The van der Waals surface area contributed by atoms with Gasteiger partial charge in [0.05, 0.1) is 5.69 Å². The smallest absolute Gasteiger partial charge is 0.0833 e. The van der Waals surface area contributed by atoms with E-state index in [-0.39, 0.29) is 0 Å². The molecule has 1 atom stereocenters. The monoisotopic (exact) mass is 235 g/mol. The van der Waals surface area contributed by atoms with Crippen molar-refractivity contribution in [3.05, 3.63) is 34.3 Å². The van der Waals surface area contributed by atoms with Crippen LogP contribution >= 0.6 is 11.3 Å². The first-order valence-corrected chi connectivity index (χ1v) is 6.68. The number of hydrogen-bond acceptors (Lipinski definition) is 3. The van der Waals surface area contributed by atoms with Crippen molar-refractivity contribution in [2.24, 2.45) is 0 Å². The van der Waals surface area contributed by atoms with Crippen LogP contribution in [0.25, 0.3) is 0 Å². The molecule has 2 rings (SSSR count). The second kappa shape index (κ2) is 5.25. The summed E-state index contributed by atoms with van der Waals surface area (Å²) in [5.74, 6) is 0.577. The van der Waals surface area contributed by atoms with Crippen molar-refractivity contribution >= 4 is 11.3 Å². The molecule has 0 saturated heterocycles. The summed E-state index contributed by atoms with van der Waals surface area (Å²) in [6.45, 7) is 5.20. The van der Waals surface area contributed by atoms with Gasteiger partial charge in [-0.15, -0.1) is 5.10 Å². The molecule has 0 N–H and O–H groups in total. The second-order valence-corrected chi connectivity index (χ2v) is 4.71. The number of hydrogen-bond donors (Lipinski definition) is 0. The zero-order chi connectivity index (χ0) is 11.4. The van der Waals surface area contributed by atoms with Crippen molar-refractivity contribution in [2.45, 2.75) is 39.2 Å². The van der Waals surface area contributed by atoms with Crippen LogP contribution in [0.15, 0.2) is 23.0 Å². The summed E-state index contributed by atoms with van der Waals surface area (Å²) in [5.41, 5.74) is 2.53. The van der Waals surface area contributed by atoms with Crippen LogP contribution in [0.2, 0.25) is 0 Å². The molecule has 16 heavy (non-hydrogen) atoms. The summed E-state index contributed by atoms with van der Waals surface area (Å²) in [4.78, 5) is 0. The lowest BCUT2D eigenvalue weighted by atomic mass is 9.94. The number of aromatic nitrogens is 3. The number of nitrogens with zero attached hydrogens (tertiary/aromatic N) is 3.